The molecular formula is C26H30NO4+. The number of hydrogen-bond donors (Lipinski definition) is 0. The highest BCUT2D eigenvalue weighted by atomic mass is 16.5. The fourth-order valence-corrected chi connectivity index (χ4v) is 5.56. The van der Waals surface area contributed by atoms with E-state index in [0.29, 0.717) is 6.04 Å². The van der Waals surface area contributed by atoms with E-state index < -0.39 is 0 Å². The van der Waals surface area contributed by atoms with E-state index in [9.17, 15) is 0 Å². The van der Waals surface area contributed by atoms with Crippen LogP contribution in [0.3, 0.4) is 0 Å². The Balaban J connectivity index is 1.64. The van der Waals surface area contributed by atoms with Crippen LogP contribution in [-0.4, -0.2) is 46.5 Å². The molecule has 0 radical (unpaired) electrons. The highest BCUT2D eigenvalue weighted by Crippen LogP contribution is 2.47. The molecule has 0 bridgehead atoms. The van der Waals surface area contributed by atoms with Gasteiger partial charge in [0.25, 0.3) is 0 Å². The summed E-state index contributed by atoms with van der Waals surface area (Å²) >= 11 is 0. The quantitative estimate of drug-likeness (QED) is 0.575. The van der Waals surface area contributed by atoms with E-state index in [4.69, 9.17) is 18.9 Å². The third kappa shape index (κ3) is 3.02. The zero-order valence-corrected chi connectivity index (χ0v) is 19.0. The van der Waals surface area contributed by atoms with Crippen molar-refractivity contribution < 1.29 is 23.4 Å². The van der Waals surface area contributed by atoms with Crippen LogP contribution in [-0.2, 0) is 19.4 Å². The molecule has 0 N–H and O–H groups in total. The number of hydrogen-bond acceptors (Lipinski definition) is 4. The second-order valence-electron chi connectivity index (χ2n) is 8.87. The van der Waals surface area contributed by atoms with Gasteiger partial charge in [-0.05, 0) is 46.2 Å². The maximum atomic E-state index is 5.63. The maximum Gasteiger partial charge on any atom is 0.161 e. The molecule has 3 aromatic rings. The molecule has 162 valence electrons. The minimum Gasteiger partial charge on any atom is -0.493 e. The molecule has 0 amide bonds. The Kier molecular flexibility index (Phi) is 4.74. The monoisotopic (exact) mass is 420 g/mol. The van der Waals surface area contributed by atoms with Crippen molar-refractivity contribution in [3.05, 3.63) is 58.7 Å². The van der Waals surface area contributed by atoms with Gasteiger partial charge in [0.05, 0.1) is 42.0 Å². The van der Waals surface area contributed by atoms with Gasteiger partial charge in [-0.25, -0.2) is 0 Å². The van der Waals surface area contributed by atoms with Crippen LogP contribution >= 0.6 is 0 Å². The van der Waals surface area contributed by atoms with Gasteiger partial charge in [0.2, 0.25) is 0 Å². The smallest absolute Gasteiger partial charge is 0.161 e. The van der Waals surface area contributed by atoms with Crippen LogP contribution < -0.4 is 18.9 Å². The highest BCUT2D eigenvalue weighted by molar-refractivity contribution is 5.90. The van der Waals surface area contributed by atoms with Crippen LogP contribution in [0.25, 0.3) is 10.8 Å². The summed E-state index contributed by atoms with van der Waals surface area (Å²) in [7, 11) is 9.20. The van der Waals surface area contributed by atoms with E-state index in [2.05, 4.69) is 43.4 Å². The standard InChI is InChI=1S/C26H30NO4/c1-27-9-8-18-12-24(29-3)26(31-5)14-20(18)22(27)10-16-6-7-17-11-23(28-2)25(30-4)13-19(17)21(16)15-27/h6-7,11-14,22H,8-10,15H2,1-5H3/q+1. The molecular weight excluding hydrogens is 390 g/mol. The largest absolute Gasteiger partial charge is 0.493 e. The van der Waals surface area contributed by atoms with Crippen molar-refractivity contribution in [1.82, 2.24) is 0 Å². The van der Waals surface area contributed by atoms with Crippen molar-refractivity contribution in [2.75, 3.05) is 42.0 Å². The summed E-state index contributed by atoms with van der Waals surface area (Å²) in [6, 6.07) is 13.5. The summed E-state index contributed by atoms with van der Waals surface area (Å²) in [5.74, 6) is 3.20. The molecule has 5 rings (SSSR count). The lowest BCUT2D eigenvalue weighted by Crippen LogP contribution is -2.53. The van der Waals surface area contributed by atoms with E-state index >= 15 is 0 Å². The molecule has 0 aliphatic carbocycles. The molecule has 2 atom stereocenters. The predicted molar refractivity (Wildman–Crippen MR) is 122 cm³/mol. The molecule has 0 fully saturated rings. The van der Waals surface area contributed by atoms with Gasteiger partial charge >= 0.3 is 0 Å². The van der Waals surface area contributed by atoms with Gasteiger partial charge in [-0.2, -0.15) is 0 Å². The third-order valence-corrected chi connectivity index (χ3v) is 7.31. The average Bonchev–Trinajstić information content (AvgIpc) is 2.80. The second kappa shape index (κ2) is 7.34. The summed E-state index contributed by atoms with van der Waals surface area (Å²) in [5.41, 5.74) is 5.63. The van der Waals surface area contributed by atoms with Crippen LogP contribution in [0.2, 0.25) is 0 Å². The summed E-state index contributed by atoms with van der Waals surface area (Å²) < 4.78 is 23.3. The Bertz CT molecular complexity index is 1170. The second-order valence-corrected chi connectivity index (χ2v) is 8.87. The highest BCUT2D eigenvalue weighted by Gasteiger charge is 2.44. The Hall–Kier alpha value is -2.92. The predicted octanol–water partition coefficient (Wildman–Crippen LogP) is 4.67. The fraction of sp³-hybridized carbons (Fsp3) is 0.385. The first kappa shape index (κ1) is 20.0. The van der Waals surface area contributed by atoms with E-state index in [1.165, 1.54) is 33.0 Å². The van der Waals surface area contributed by atoms with Crippen LogP contribution in [0.4, 0.5) is 0 Å². The third-order valence-electron chi connectivity index (χ3n) is 7.31. The van der Waals surface area contributed by atoms with Crippen LogP contribution in [0.15, 0.2) is 36.4 Å². The molecule has 2 unspecified atom stereocenters. The van der Waals surface area contributed by atoms with Gasteiger partial charge in [0, 0.05) is 24.0 Å². The molecule has 0 saturated carbocycles. The molecule has 2 aliphatic rings. The number of ether oxygens (including phenoxy) is 4. The Morgan fingerprint density at radius 1 is 0.774 bits per heavy atom. The number of nitrogens with zero attached hydrogens (tertiary/aromatic N) is 1. The molecule has 2 heterocycles. The van der Waals surface area contributed by atoms with Crippen molar-refractivity contribution in [1.29, 1.82) is 0 Å². The molecule has 2 aliphatic heterocycles. The first-order valence-electron chi connectivity index (χ1n) is 10.8. The summed E-state index contributed by atoms with van der Waals surface area (Å²) in [6.45, 7) is 2.11. The van der Waals surface area contributed by atoms with Crippen molar-refractivity contribution in [3.8, 4) is 23.0 Å². The van der Waals surface area contributed by atoms with E-state index in [0.717, 1.165) is 53.4 Å². The van der Waals surface area contributed by atoms with Crippen molar-refractivity contribution in [2.24, 2.45) is 0 Å². The van der Waals surface area contributed by atoms with Gasteiger partial charge in [-0.1, -0.05) is 12.1 Å². The topological polar surface area (TPSA) is 36.9 Å². The minimum atomic E-state index is 0.411. The first-order chi connectivity index (χ1) is 15.0. The lowest BCUT2D eigenvalue weighted by Gasteiger charge is -2.49. The normalized spacial score (nSPS) is 21.6. The number of methoxy groups -OCH3 is 4. The summed E-state index contributed by atoms with van der Waals surface area (Å²) in [6.07, 6.45) is 2.05. The zero-order valence-electron chi connectivity index (χ0n) is 19.0. The number of likely N-dealkylation sites (N-methyl/N-ethyl adjacent to an activating group) is 1. The van der Waals surface area contributed by atoms with E-state index in [-0.39, 0.29) is 0 Å². The lowest BCUT2D eigenvalue weighted by molar-refractivity contribution is -0.956. The molecule has 5 nitrogen and oxygen atoms in total. The number of fused-ring (bicyclic) bond motifs is 6. The van der Waals surface area contributed by atoms with Crippen molar-refractivity contribution >= 4 is 10.8 Å². The maximum absolute atomic E-state index is 5.63. The van der Waals surface area contributed by atoms with Gasteiger partial charge in [0.15, 0.2) is 23.0 Å². The van der Waals surface area contributed by atoms with E-state index in [1.54, 1.807) is 28.4 Å². The van der Waals surface area contributed by atoms with Crippen LogP contribution in [0.1, 0.15) is 28.3 Å². The summed E-state index contributed by atoms with van der Waals surface area (Å²) in [4.78, 5) is 0. The van der Waals surface area contributed by atoms with Gasteiger partial charge in [0.1, 0.15) is 12.6 Å². The molecule has 31 heavy (non-hydrogen) atoms. The van der Waals surface area contributed by atoms with E-state index in [1.807, 2.05) is 0 Å². The van der Waals surface area contributed by atoms with Crippen molar-refractivity contribution in [2.45, 2.75) is 25.4 Å². The Labute approximate surface area is 183 Å². The van der Waals surface area contributed by atoms with Crippen LogP contribution in [0.5, 0.6) is 23.0 Å². The molecule has 0 spiro atoms. The zero-order chi connectivity index (χ0) is 21.8. The molecule has 5 heteroatoms. The number of benzene rings is 3. The number of quaternary nitrogens is 1. The molecule has 0 aromatic heterocycles. The fourth-order valence-electron chi connectivity index (χ4n) is 5.56. The van der Waals surface area contributed by atoms with Gasteiger partial charge < -0.3 is 23.4 Å². The van der Waals surface area contributed by atoms with Gasteiger partial charge in [-0.3, -0.25) is 0 Å². The minimum absolute atomic E-state index is 0.411. The average molecular weight is 421 g/mol. The number of rotatable bonds is 4. The summed E-state index contributed by atoms with van der Waals surface area (Å²) in [5, 5.41) is 2.47. The molecule has 3 aromatic carbocycles. The Morgan fingerprint density at radius 3 is 2.13 bits per heavy atom. The Morgan fingerprint density at radius 2 is 1.42 bits per heavy atom. The van der Waals surface area contributed by atoms with Gasteiger partial charge in [-0.15, -0.1) is 0 Å². The van der Waals surface area contributed by atoms with Crippen molar-refractivity contribution in [3.63, 3.8) is 0 Å². The lowest BCUT2D eigenvalue weighted by atomic mass is 9.80. The SMILES string of the molecule is COc1cc2c(cc1OC)C1Cc3ccc4cc(OC)c(OC)cc4c3C[N+]1(C)CC2. The van der Waals surface area contributed by atoms with Crippen LogP contribution in [0, 0.1) is 0 Å². The first-order valence-corrected chi connectivity index (χ1v) is 10.8. The molecule has 0 saturated heterocycles.